The van der Waals surface area contributed by atoms with Crippen LogP contribution in [0.15, 0.2) is 12.1 Å². The summed E-state index contributed by atoms with van der Waals surface area (Å²) in [6.45, 7) is 3.37. The molecule has 0 heterocycles. The van der Waals surface area contributed by atoms with Crippen LogP contribution in [0.3, 0.4) is 0 Å². The Labute approximate surface area is 133 Å². The standard InChI is InChI=1S/C13H17Cl3N2O2/c1-2-3-18(4-5-19)8-12(20)17-13-10(15)6-9(14)7-11(13)16/h6-7,19H,2-5,8H2,1H3,(H,17,20). The van der Waals surface area contributed by atoms with Crippen molar-refractivity contribution in [1.29, 1.82) is 0 Å². The van der Waals surface area contributed by atoms with Gasteiger partial charge in [0.25, 0.3) is 0 Å². The number of amides is 1. The number of hydrogen-bond acceptors (Lipinski definition) is 3. The maximum absolute atomic E-state index is 12.0. The van der Waals surface area contributed by atoms with Gasteiger partial charge in [0.15, 0.2) is 0 Å². The van der Waals surface area contributed by atoms with E-state index in [0.717, 1.165) is 13.0 Å². The Morgan fingerprint density at radius 2 is 1.85 bits per heavy atom. The number of halogens is 3. The van der Waals surface area contributed by atoms with Gasteiger partial charge in [-0.2, -0.15) is 0 Å². The van der Waals surface area contributed by atoms with E-state index in [1.165, 1.54) is 12.1 Å². The summed E-state index contributed by atoms with van der Waals surface area (Å²) in [5.41, 5.74) is 0.350. The second-order valence-electron chi connectivity index (χ2n) is 4.29. The molecule has 1 aromatic carbocycles. The van der Waals surface area contributed by atoms with Gasteiger partial charge in [-0.3, -0.25) is 9.69 Å². The second-order valence-corrected chi connectivity index (χ2v) is 5.54. The van der Waals surface area contributed by atoms with Crippen molar-refractivity contribution in [2.75, 3.05) is 31.6 Å². The van der Waals surface area contributed by atoms with Crippen molar-refractivity contribution in [2.24, 2.45) is 0 Å². The van der Waals surface area contributed by atoms with Crippen LogP contribution < -0.4 is 5.32 Å². The van der Waals surface area contributed by atoms with E-state index >= 15 is 0 Å². The van der Waals surface area contributed by atoms with Crippen LogP contribution in [0.5, 0.6) is 0 Å². The first-order chi connectivity index (χ1) is 9.47. The molecule has 1 aromatic rings. The van der Waals surface area contributed by atoms with E-state index in [1.54, 1.807) is 0 Å². The third kappa shape index (κ3) is 5.46. The molecule has 0 fully saturated rings. The normalized spacial score (nSPS) is 10.9. The van der Waals surface area contributed by atoms with Crippen LogP contribution in [0.25, 0.3) is 0 Å². The number of benzene rings is 1. The Bertz CT molecular complexity index is 440. The number of aliphatic hydroxyl groups is 1. The minimum Gasteiger partial charge on any atom is -0.395 e. The molecule has 1 amide bonds. The van der Waals surface area contributed by atoms with Gasteiger partial charge in [0.2, 0.25) is 5.91 Å². The molecule has 0 atom stereocenters. The lowest BCUT2D eigenvalue weighted by molar-refractivity contribution is -0.117. The molecule has 0 aliphatic heterocycles. The number of rotatable bonds is 7. The van der Waals surface area contributed by atoms with Crippen molar-refractivity contribution in [3.05, 3.63) is 27.2 Å². The fourth-order valence-electron chi connectivity index (χ4n) is 1.77. The van der Waals surface area contributed by atoms with Crippen LogP contribution in [-0.4, -0.2) is 42.2 Å². The van der Waals surface area contributed by atoms with Gasteiger partial charge in [-0.05, 0) is 25.1 Å². The number of hydrogen-bond donors (Lipinski definition) is 2. The summed E-state index contributed by atoms with van der Waals surface area (Å²) in [6, 6.07) is 3.03. The predicted octanol–water partition coefficient (Wildman–Crippen LogP) is 3.29. The summed E-state index contributed by atoms with van der Waals surface area (Å²) in [5.74, 6) is -0.238. The molecule has 1 rings (SSSR count). The highest BCUT2D eigenvalue weighted by atomic mass is 35.5. The first-order valence-corrected chi connectivity index (χ1v) is 7.39. The Morgan fingerprint density at radius 3 is 2.35 bits per heavy atom. The van der Waals surface area contributed by atoms with Gasteiger partial charge in [-0.15, -0.1) is 0 Å². The van der Waals surface area contributed by atoms with E-state index in [9.17, 15) is 4.79 Å². The third-order valence-corrected chi connectivity index (χ3v) is 3.41. The largest absolute Gasteiger partial charge is 0.395 e. The summed E-state index contributed by atoms with van der Waals surface area (Å²) in [7, 11) is 0. The summed E-state index contributed by atoms with van der Waals surface area (Å²) >= 11 is 17.8. The van der Waals surface area contributed by atoms with Gasteiger partial charge in [-0.25, -0.2) is 0 Å². The van der Waals surface area contributed by atoms with Crippen molar-refractivity contribution < 1.29 is 9.90 Å². The maximum atomic E-state index is 12.0. The number of nitrogens with zero attached hydrogens (tertiary/aromatic N) is 1. The molecular weight excluding hydrogens is 323 g/mol. The van der Waals surface area contributed by atoms with Crippen LogP contribution in [0.4, 0.5) is 5.69 Å². The smallest absolute Gasteiger partial charge is 0.238 e. The number of carbonyl (C=O) groups is 1. The minimum atomic E-state index is -0.238. The first-order valence-electron chi connectivity index (χ1n) is 6.25. The summed E-state index contributed by atoms with van der Waals surface area (Å²) < 4.78 is 0. The molecule has 4 nitrogen and oxygen atoms in total. The van der Waals surface area contributed by atoms with Crippen molar-refractivity contribution in [1.82, 2.24) is 4.90 Å². The van der Waals surface area contributed by atoms with E-state index in [4.69, 9.17) is 39.9 Å². The molecule has 0 spiro atoms. The molecule has 7 heteroatoms. The first kappa shape index (κ1) is 17.5. The maximum Gasteiger partial charge on any atom is 0.238 e. The van der Waals surface area contributed by atoms with Gasteiger partial charge in [-0.1, -0.05) is 41.7 Å². The summed E-state index contributed by atoms with van der Waals surface area (Å²) in [6.07, 6.45) is 0.899. The highest BCUT2D eigenvalue weighted by Gasteiger charge is 2.14. The van der Waals surface area contributed by atoms with Crippen LogP contribution in [0.1, 0.15) is 13.3 Å². The number of anilines is 1. The highest BCUT2D eigenvalue weighted by Crippen LogP contribution is 2.33. The lowest BCUT2D eigenvalue weighted by Gasteiger charge is -2.20. The molecular formula is C13H17Cl3N2O2. The molecule has 112 valence electrons. The minimum absolute atomic E-state index is 0.00966. The molecule has 0 aliphatic carbocycles. The predicted molar refractivity (Wildman–Crippen MR) is 83.9 cm³/mol. The SMILES string of the molecule is CCCN(CCO)CC(=O)Nc1c(Cl)cc(Cl)cc1Cl. The quantitative estimate of drug-likeness (QED) is 0.801. The van der Waals surface area contributed by atoms with E-state index in [-0.39, 0.29) is 19.1 Å². The molecule has 0 radical (unpaired) electrons. The van der Waals surface area contributed by atoms with E-state index < -0.39 is 0 Å². The third-order valence-electron chi connectivity index (χ3n) is 2.59. The van der Waals surface area contributed by atoms with Gasteiger partial charge < -0.3 is 10.4 Å². The number of nitrogens with one attached hydrogen (secondary N) is 1. The Morgan fingerprint density at radius 1 is 1.25 bits per heavy atom. The topological polar surface area (TPSA) is 52.6 Å². The Balaban J connectivity index is 2.70. The van der Waals surface area contributed by atoms with Crippen molar-refractivity contribution in [3.63, 3.8) is 0 Å². The summed E-state index contributed by atoms with van der Waals surface area (Å²) in [5, 5.41) is 12.6. The van der Waals surface area contributed by atoms with Gasteiger partial charge >= 0.3 is 0 Å². The Hall–Kier alpha value is -0.520. The molecule has 0 aliphatic rings. The van der Waals surface area contributed by atoms with Crippen LogP contribution in [0.2, 0.25) is 15.1 Å². The van der Waals surface area contributed by atoms with E-state index in [2.05, 4.69) is 5.32 Å². The van der Waals surface area contributed by atoms with Gasteiger partial charge in [0, 0.05) is 11.6 Å². The van der Waals surface area contributed by atoms with Crippen LogP contribution in [-0.2, 0) is 4.79 Å². The molecule has 0 saturated carbocycles. The lowest BCUT2D eigenvalue weighted by Crippen LogP contribution is -2.35. The monoisotopic (exact) mass is 338 g/mol. The zero-order valence-corrected chi connectivity index (χ0v) is 13.4. The second kappa shape index (κ2) is 8.70. The number of carbonyl (C=O) groups excluding carboxylic acids is 1. The zero-order chi connectivity index (χ0) is 15.1. The van der Waals surface area contributed by atoms with E-state index in [0.29, 0.717) is 27.3 Å². The molecule has 0 saturated heterocycles. The fraction of sp³-hybridized carbons (Fsp3) is 0.462. The Kier molecular flexibility index (Phi) is 7.62. The van der Waals surface area contributed by atoms with Gasteiger partial charge in [0.1, 0.15) is 0 Å². The average molecular weight is 340 g/mol. The van der Waals surface area contributed by atoms with Gasteiger partial charge in [0.05, 0.1) is 28.9 Å². The van der Waals surface area contributed by atoms with Crippen molar-refractivity contribution >= 4 is 46.4 Å². The average Bonchev–Trinajstić information content (AvgIpc) is 2.34. The molecule has 0 aromatic heterocycles. The van der Waals surface area contributed by atoms with Crippen molar-refractivity contribution in [3.8, 4) is 0 Å². The highest BCUT2D eigenvalue weighted by molar-refractivity contribution is 6.42. The lowest BCUT2D eigenvalue weighted by atomic mass is 10.3. The van der Waals surface area contributed by atoms with Crippen LogP contribution >= 0.6 is 34.8 Å². The molecule has 0 unspecified atom stereocenters. The summed E-state index contributed by atoms with van der Waals surface area (Å²) in [4.78, 5) is 13.8. The zero-order valence-electron chi connectivity index (χ0n) is 11.1. The molecule has 0 bridgehead atoms. The molecule has 20 heavy (non-hydrogen) atoms. The fourth-order valence-corrected chi connectivity index (χ4v) is 2.68. The van der Waals surface area contributed by atoms with Crippen LogP contribution in [0, 0.1) is 0 Å². The van der Waals surface area contributed by atoms with Crippen molar-refractivity contribution in [2.45, 2.75) is 13.3 Å². The molecule has 2 N–H and O–H groups in total. The van der Waals surface area contributed by atoms with E-state index in [1.807, 2.05) is 11.8 Å². The number of aliphatic hydroxyl groups excluding tert-OH is 1.